The molecular formula is C23H21N5O3S. The molecule has 0 fully saturated rings. The molecule has 0 saturated heterocycles. The van der Waals surface area contributed by atoms with Crippen LogP contribution in [0.4, 0.5) is 5.13 Å². The van der Waals surface area contributed by atoms with Gasteiger partial charge < -0.3 is 15.1 Å². The van der Waals surface area contributed by atoms with Crippen LogP contribution in [0, 0.1) is 0 Å². The molecule has 9 heteroatoms. The SMILES string of the molecule is CC(=O)NCc1ccc(-c2csc(NC(=O)CCc3nnc(-c4ccccc4)o3)n2)cc1. The van der Waals surface area contributed by atoms with E-state index >= 15 is 0 Å². The number of nitrogens with one attached hydrogen (secondary N) is 2. The minimum atomic E-state index is -0.170. The molecule has 4 aromatic rings. The lowest BCUT2D eigenvalue weighted by Crippen LogP contribution is -2.18. The van der Waals surface area contributed by atoms with E-state index in [-0.39, 0.29) is 18.2 Å². The number of amides is 2. The molecule has 32 heavy (non-hydrogen) atoms. The monoisotopic (exact) mass is 447 g/mol. The Morgan fingerprint density at radius 1 is 1.00 bits per heavy atom. The summed E-state index contributed by atoms with van der Waals surface area (Å²) in [6, 6.07) is 17.3. The fourth-order valence-corrected chi connectivity index (χ4v) is 3.67. The third-order valence-corrected chi connectivity index (χ3v) is 5.35. The van der Waals surface area contributed by atoms with Gasteiger partial charge in [0.15, 0.2) is 5.13 Å². The predicted octanol–water partition coefficient (Wildman–Crippen LogP) is 4.07. The number of aromatic nitrogens is 3. The van der Waals surface area contributed by atoms with Crippen molar-refractivity contribution in [1.29, 1.82) is 0 Å². The number of thiazole rings is 1. The van der Waals surface area contributed by atoms with Crippen molar-refractivity contribution in [3.63, 3.8) is 0 Å². The van der Waals surface area contributed by atoms with Crippen LogP contribution in [-0.4, -0.2) is 27.0 Å². The number of hydrogen-bond donors (Lipinski definition) is 2. The Kier molecular flexibility index (Phi) is 6.66. The molecule has 0 aliphatic carbocycles. The maximum atomic E-state index is 12.3. The Bertz CT molecular complexity index is 1200. The van der Waals surface area contributed by atoms with Gasteiger partial charge in [-0.2, -0.15) is 0 Å². The third kappa shape index (κ3) is 5.64. The zero-order valence-corrected chi connectivity index (χ0v) is 18.2. The molecule has 0 aliphatic rings. The first kappa shape index (κ1) is 21.4. The quantitative estimate of drug-likeness (QED) is 0.421. The predicted molar refractivity (Wildman–Crippen MR) is 122 cm³/mol. The number of carbonyl (C=O) groups excluding carboxylic acids is 2. The molecule has 4 rings (SSSR count). The Hall–Kier alpha value is -3.85. The molecule has 0 saturated carbocycles. The number of hydrogen-bond acceptors (Lipinski definition) is 7. The zero-order chi connectivity index (χ0) is 22.3. The van der Waals surface area contributed by atoms with Crippen molar-refractivity contribution in [2.75, 3.05) is 5.32 Å². The number of benzene rings is 2. The second-order valence-electron chi connectivity index (χ2n) is 7.06. The average molecular weight is 448 g/mol. The minimum absolute atomic E-state index is 0.0651. The summed E-state index contributed by atoms with van der Waals surface area (Å²) in [7, 11) is 0. The Balaban J connectivity index is 1.29. The van der Waals surface area contributed by atoms with Gasteiger partial charge in [-0.3, -0.25) is 9.59 Å². The first-order valence-corrected chi connectivity index (χ1v) is 10.9. The topological polar surface area (TPSA) is 110 Å². The number of rotatable bonds is 8. The lowest BCUT2D eigenvalue weighted by molar-refractivity contribution is -0.119. The van der Waals surface area contributed by atoms with E-state index in [0.29, 0.717) is 29.9 Å². The van der Waals surface area contributed by atoms with Crippen LogP contribution in [0.15, 0.2) is 64.4 Å². The van der Waals surface area contributed by atoms with Crippen LogP contribution >= 0.6 is 11.3 Å². The minimum Gasteiger partial charge on any atom is -0.421 e. The molecule has 0 bridgehead atoms. The number of nitrogens with zero attached hydrogens (tertiary/aromatic N) is 3. The van der Waals surface area contributed by atoms with Gasteiger partial charge in [-0.25, -0.2) is 4.98 Å². The first-order chi connectivity index (χ1) is 15.6. The van der Waals surface area contributed by atoms with Gasteiger partial charge in [0.05, 0.1) is 5.69 Å². The van der Waals surface area contributed by atoms with Gasteiger partial charge in [-0.15, -0.1) is 21.5 Å². The largest absolute Gasteiger partial charge is 0.421 e. The smallest absolute Gasteiger partial charge is 0.247 e. The van der Waals surface area contributed by atoms with Crippen molar-refractivity contribution in [1.82, 2.24) is 20.5 Å². The molecule has 2 heterocycles. The highest BCUT2D eigenvalue weighted by Crippen LogP contribution is 2.25. The fraction of sp³-hybridized carbons (Fsp3) is 0.174. The van der Waals surface area contributed by atoms with Crippen molar-refractivity contribution in [2.45, 2.75) is 26.3 Å². The highest BCUT2D eigenvalue weighted by atomic mass is 32.1. The first-order valence-electron chi connectivity index (χ1n) is 10.0. The summed E-state index contributed by atoms with van der Waals surface area (Å²) in [4.78, 5) is 27.8. The molecule has 0 radical (unpaired) electrons. The van der Waals surface area contributed by atoms with E-state index in [1.54, 1.807) is 0 Å². The van der Waals surface area contributed by atoms with Gasteiger partial charge in [0, 0.05) is 42.8 Å². The van der Waals surface area contributed by atoms with E-state index in [9.17, 15) is 9.59 Å². The average Bonchev–Trinajstić information content (AvgIpc) is 3.47. The lowest BCUT2D eigenvalue weighted by atomic mass is 10.1. The van der Waals surface area contributed by atoms with Gasteiger partial charge in [-0.1, -0.05) is 42.5 Å². The summed E-state index contributed by atoms with van der Waals surface area (Å²) in [6.07, 6.45) is 0.558. The van der Waals surface area contributed by atoms with Gasteiger partial charge in [0.25, 0.3) is 0 Å². The van der Waals surface area contributed by atoms with Crippen molar-refractivity contribution in [2.24, 2.45) is 0 Å². The van der Waals surface area contributed by atoms with E-state index in [0.717, 1.165) is 22.4 Å². The molecule has 2 amide bonds. The van der Waals surface area contributed by atoms with Crippen molar-refractivity contribution < 1.29 is 14.0 Å². The van der Waals surface area contributed by atoms with Crippen LogP contribution in [0.1, 0.15) is 24.8 Å². The molecule has 162 valence electrons. The Morgan fingerprint density at radius 2 is 1.78 bits per heavy atom. The van der Waals surface area contributed by atoms with E-state index in [1.165, 1.54) is 18.3 Å². The molecule has 2 N–H and O–H groups in total. The summed E-state index contributed by atoms with van der Waals surface area (Å²) in [5.41, 5.74) is 3.56. The van der Waals surface area contributed by atoms with Crippen LogP contribution in [0.5, 0.6) is 0 Å². The standard InChI is InChI=1S/C23H21N5O3S/c1-15(29)24-13-16-7-9-17(10-8-16)19-14-32-23(25-19)26-20(30)11-12-21-27-28-22(31-21)18-5-3-2-4-6-18/h2-10,14H,11-13H2,1H3,(H,24,29)(H,25,26,30). The molecule has 0 spiro atoms. The van der Waals surface area contributed by atoms with E-state index in [2.05, 4.69) is 25.8 Å². The second kappa shape index (κ2) is 9.97. The second-order valence-corrected chi connectivity index (χ2v) is 7.92. The van der Waals surface area contributed by atoms with Crippen LogP contribution in [-0.2, 0) is 22.6 Å². The number of anilines is 1. The van der Waals surface area contributed by atoms with Crippen LogP contribution in [0.2, 0.25) is 0 Å². The highest BCUT2D eigenvalue weighted by molar-refractivity contribution is 7.14. The van der Waals surface area contributed by atoms with Crippen molar-refractivity contribution in [3.05, 3.63) is 71.4 Å². The summed E-state index contributed by atoms with van der Waals surface area (Å²) >= 11 is 1.36. The molecular weight excluding hydrogens is 426 g/mol. The number of carbonyl (C=O) groups is 2. The van der Waals surface area contributed by atoms with Gasteiger partial charge in [-0.05, 0) is 17.7 Å². The van der Waals surface area contributed by atoms with Gasteiger partial charge >= 0.3 is 0 Å². The van der Waals surface area contributed by atoms with E-state index in [1.807, 2.05) is 60.0 Å². The van der Waals surface area contributed by atoms with Crippen LogP contribution in [0.3, 0.4) is 0 Å². The Morgan fingerprint density at radius 3 is 2.53 bits per heavy atom. The maximum Gasteiger partial charge on any atom is 0.247 e. The van der Waals surface area contributed by atoms with E-state index in [4.69, 9.17) is 4.42 Å². The van der Waals surface area contributed by atoms with Crippen LogP contribution in [0.25, 0.3) is 22.7 Å². The highest BCUT2D eigenvalue weighted by Gasteiger charge is 2.12. The van der Waals surface area contributed by atoms with Gasteiger partial charge in [0.1, 0.15) is 0 Å². The summed E-state index contributed by atoms with van der Waals surface area (Å²) in [5.74, 6) is 0.618. The van der Waals surface area contributed by atoms with Crippen LogP contribution < -0.4 is 10.6 Å². The normalized spacial score (nSPS) is 10.7. The summed E-state index contributed by atoms with van der Waals surface area (Å²) in [6.45, 7) is 1.98. The molecule has 2 aromatic heterocycles. The van der Waals surface area contributed by atoms with Crippen molar-refractivity contribution >= 4 is 28.3 Å². The van der Waals surface area contributed by atoms with E-state index < -0.39 is 0 Å². The molecule has 0 atom stereocenters. The number of aryl methyl sites for hydroxylation is 1. The fourth-order valence-electron chi connectivity index (χ4n) is 2.94. The lowest BCUT2D eigenvalue weighted by Gasteiger charge is -2.03. The molecule has 8 nitrogen and oxygen atoms in total. The zero-order valence-electron chi connectivity index (χ0n) is 17.4. The summed E-state index contributed by atoms with van der Waals surface area (Å²) < 4.78 is 5.63. The molecule has 0 aliphatic heterocycles. The summed E-state index contributed by atoms with van der Waals surface area (Å²) in [5, 5.41) is 16.0. The maximum absolute atomic E-state index is 12.3. The van der Waals surface area contributed by atoms with Crippen molar-refractivity contribution in [3.8, 4) is 22.7 Å². The third-order valence-electron chi connectivity index (χ3n) is 4.60. The molecule has 2 aromatic carbocycles. The van der Waals surface area contributed by atoms with Gasteiger partial charge in [0.2, 0.25) is 23.6 Å². The Labute approximate surface area is 188 Å². The molecule has 0 unspecified atom stereocenters.